The minimum atomic E-state index is -0.553. The molecule has 0 spiro atoms. The Morgan fingerprint density at radius 1 is 1.33 bits per heavy atom. The SMILES string of the molecule is CC=C(C)C(=O)Nc1cccc(OC(=O)NC)c1. The first-order valence-electron chi connectivity index (χ1n) is 5.50. The summed E-state index contributed by atoms with van der Waals surface area (Å²) in [6.45, 7) is 3.51. The smallest absolute Gasteiger partial charge is 0.410 e. The summed E-state index contributed by atoms with van der Waals surface area (Å²) in [6, 6.07) is 6.62. The molecule has 96 valence electrons. The summed E-state index contributed by atoms with van der Waals surface area (Å²) in [5, 5.41) is 5.05. The van der Waals surface area contributed by atoms with Crippen molar-refractivity contribution in [3.63, 3.8) is 0 Å². The van der Waals surface area contributed by atoms with Gasteiger partial charge in [0.15, 0.2) is 0 Å². The summed E-state index contributed by atoms with van der Waals surface area (Å²) < 4.78 is 4.96. The Morgan fingerprint density at radius 2 is 2.06 bits per heavy atom. The maximum absolute atomic E-state index is 11.6. The average molecular weight is 248 g/mol. The summed E-state index contributed by atoms with van der Waals surface area (Å²) in [5.74, 6) is 0.180. The predicted molar refractivity (Wildman–Crippen MR) is 69.6 cm³/mol. The Hall–Kier alpha value is -2.30. The third-order valence-electron chi connectivity index (χ3n) is 2.30. The number of ether oxygens (including phenoxy) is 1. The molecule has 2 N–H and O–H groups in total. The van der Waals surface area contributed by atoms with Gasteiger partial charge in [-0.1, -0.05) is 12.1 Å². The molecule has 0 heterocycles. The third-order valence-corrected chi connectivity index (χ3v) is 2.30. The number of hydrogen-bond donors (Lipinski definition) is 2. The number of nitrogens with one attached hydrogen (secondary N) is 2. The van der Waals surface area contributed by atoms with Crippen LogP contribution < -0.4 is 15.4 Å². The highest BCUT2D eigenvalue weighted by atomic mass is 16.5. The molecule has 0 aliphatic carbocycles. The van der Waals surface area contributed by atoms with Crippen molar-refractivity contribution in [3.8, 4) is 5.75 Å². The van der Waals surface area contributed by atoms with E-state index in [0.717, 1.165) is 0 Å². The van der Waals surface area contributed by atoms with E-state index < -0.39 is 6.09 Å². The van der Waals surface area contributed by atoms with E-state index in [1.165, 1.54) is 7.05 Å². The van der Waals surface area contributed by atoms with Gasteiger partial charge in [0, 0.05) is 24.4 Å². The highest BCUT2D eigenvalue weighted by Gasteiger charge is 2.06. The lowest BCUT2D eigenvalue weighted by Crippen LogP contribution is -2.22. The largest absolute Gasteiger partial charge is 0.412 e. The van der Waals surface area contributed by atoms with Gasteiger partial charge in [0.25, 0.3) is 5.91 Å². The van der Waals surface area contributed by atoms with Crippen LogP contribution in [-0.4, -0.2) is 19.0 Å². The summed E-state index contributed by atoms with van der Waals surface area (Å²) in [5.41, 5.74) is 1.19. The molecule has 0 saturated heterocycles. The maximum Gasteiger partial charge on any atom is 0.412 e. The van der Waals surface area contributed by atoms with Crippen LogP contribution in [-0.2, 0) is 4.79 Å². The molecule has 0 unspecified atom stereocenters. The molecule has 0 aliphatic heterocycles. The highest BCUT2D eigenvalue weighted by Crippen LogP contribution is 2.18. The van der Waals surface area contributed by atoms with Gasteiger partial charge in [-0.2, -0.15) is 0 Å². The minimum absolute atomic E-state index is 0.186. The van der Waals surface area contributed by atoms with Crippen molar-refractivity contribution in [1.29, 1.82) is 0 Å². The summed E-state index contributed by atoms with van der Waals surface area (Å²) in [6.07, 6.45) is 1.17. The van der Waals surface area contributed by atoms with Crippen LogP contribution in [0.4, 0.5) is 10.5 Å². The van der Waals surface area contributed by atoms with Crippen molar-refractivity contribution in [2.45, 2.75) is 13.8 Å². The molecule has 1 aromatic rings. The van der Waals surface area contributed by atoms with Gasteiger partial charge in [-0.3, -0.25) is 4.79 Å². The molecule has 1 rings (SSSR count). The van der Waals surface area contributed by atoms with Crippen LogP contribution in [0.1, 0.15) is 13.8 Å². The molecule has 2 amide bonds. The van der Waals surface area contributed by atoms with Gasteiger partial charge < -0.3 is 15.4 Å². The first-order chi connectivity index (χ1) is 8.56. The Morgan fingerprint density at radius 3 is 2.67 bits per heavy atom. The van der Waals surface area contributed by atoms with Crippen molar-refractivity contribution in [1.82, 2.24) is 5.32 Å². The monoisotopic (exact) mass is 248 g/mol. The van der Waals surface area contributed by atoms with Gasteiger partial charge >= 0.3 is 6.09 Å². The fourth-order valence-electron chi connectivity index (χ4n) is 1.16. The van der Waals surface area contributed by atoms with Gasteiger partial charge in [0.1, 0.15) is 5.75 Å². The number of carbonyl (C=O) groups is 2. The van der Waals surface area contributed by atoms with Crippen molar-refractivity contribution in [2.75, 3.05) is 12.4 Å². The van der Waals surface area contributed by atoms with Crippen molar-refractivity contribution < 1.29 is 14.3 Å². The maximum atomic E-state index is 11.6. The number of anilines is 1. The van der Waals surface area contributed by atoms with E-state index in [2.05, 4.69) is 10.6 Å². The molecule has 0 aromatic heterocycles. The lowest BCUT2D eigenvalue weighted by Gasteiger charge is -2.07. The van der Waals surface area contributed by atoms with E-state index in [0.29, 0.717) is 17.0 Å². The zero-order valence-electron chi connectivity index (χ0n) is 10.6. The van der Waals surface area contributed by atoms with E-state index in [1.54, 1.807) is 44.2 Å². The molecule has 0 atom stereocenters. The molecular weight excluding hydrogens is 232 g/mol. The van der Waals surface area contributed by atoms with Gasteiger partial charge in [-0.15, -0.1) is 0 Å². The third kappa shape index (κ3) is 3.93. The second-order valence-electron chi connectivity index (χ2n) is 3.59. The average Bonchev–Trinajstić information content (AvgIpc) is 2.37. The molecule has 5 heteroatoms. The van der Waals surface area contributed by atoms with E-state index in [9.17, 15) is 9.59 Å². The van der Waals surface area contributed by atoms with E-state index in [-0.39, 0.29) is 5.91 Å². The van der Waals surface area contributed by atoms with Gasteiger partial charge in [0.2, 0.25) is 0 Å². The number of hydrogen-bond acceptors (Lipinski definition) is 3. The number of amides is 2. The normalized spacial score (nSPS) is 10.7. The van der Waals surface area contributed by atoms with E-state index in [4.69, 9.17) is 4.74 Å². The number of allylic oxidation sites excluding steroid dienone is 1. The molecule has 0 fully saturated rings. The van der Waals surface area contributed by atoms with Gasteiger partial charge in [0.05, 0.1) is 0 Å². The van der Waals surface area contributed by atoms with E-state index >= 15 is 0 Å². The standard InChI is InChI=1S/C13H16N2O3/c1-4-9(2)12(16)15-10-6-5-7-11(8-10)18-13(17)14-3/h4-8H,1-3H3,(H,14,17)(H,15,16). The van der Waals surface area contributed by atoms with Crippen molar-refractivity contribution in [3.05, 3.63) is 35.9 Å². The van der Waals surface area contributed by atoms with Crippen LogP contribution in [0.5, 0.6) is 5.75 Å². The fourth-order valence-corrected chi connectivity index (χ4v) is 1.16. The Kier molecular flexibility index (Phi) is 4.92. The molecule has 0 saturated carbocycles. The zero-order chi connectivity index (χ0) is 13.5. The first kappa shape index (κ1) is 13.8. The predicted octanol–water partition coefficient (Wildman–Crippen LogP) is 2.31. The molecule has 1 aromatic carbocycles. The first-order valence-corrected chi connectivity index (χ1v) is 5.50. The van der Waals surface area contributed by atoms with Crippen LogP contribution in [0.25, 0.3) is 0 Å². The number of benzene rings is 1. The fraction of sp³-hybridized carbons (Fsp3) is 0.231. The lowest BCUT2D eigenvalue weighted by molar-refractivity contribution is -0.112. The minimum Gasteiger partial charge on any atom is -0.410 e. The van der Waals surface area contributed by atoms with Crippen molar-refractivity contribution in [2.24, 2.45) is 0 Å². The highest BCUT2D eigenvalue weighted by molar-refractivity contribution is 6.03. The Bertz CT molecular complexity index is 481. The molecule has 0 radical (unpaired) electrons. The van der Waals surface area contributed by atoms with E-state index in [1.807, 2.05) is 0 Å². The second kappa shape index (κ2) is 6.44. The van der Waals surface area contributed by atoms with Crippen LogP contribution in [0.15, 0.2) is 35.9 Å². The summed E-state index contributed by atoms with van der Waals surface area (Å²) in [4.78, 5) is 22.7. The number of carbonyl (C=O) groups excluding carboxylic acids is 2. The van der Waals surface area contributed by atoms with Crippen LogP contribution >= 0.6 is 0 Å². The summed E-state index contributed by atoms with van der Waals surface area (Å²) >= 11 is 0. The van der Waals surface area contributed by atoms with Crippen LogP contribution in [0, 0.1) is 0 Å². The second-order valence-corrected chi connectivity index (χ2v) is 3.59. The Balaban J connectivity index is 2.76. The van der Waals surface area contributed by atoms with Crippen molar-refractivity contribution >= 4 is 17.7 Å². The van der Waals surface area contributed by atoms with Gasteiger partial charge in [-0.25, -0.2) is 4.79 Å². The quantitative estimate of drug-likeness (QED) is 0.806. The lowest BCUT2D eigenvalue weighted by atomic mass is 10.2. The molecule has 18 heavy (non-hydrogen) atoms. The topological polar surface area (TPSA) is 67.4 Å². The molecule has 0 aliphatic rings. The number of rotatable bonds is 3. The van der Waals surface area contributed by atoms with Crippen LogP contribution in [0.3, 0.4) is 0 Å². The summed E-state index contributed by atoms with van der Waals surface area (Å²) in [7, 11) is 1.48. The van der Waals surface area contributed by atoms with Crippen LogP contribution in [0.2, 0.25) is 0 Å². The zero-order valence-corrected chi connectivity index (χ0v) is 10.6. The molecule has 5 nitrogen and oxygen atoms in total. The molecular formula is C13H16N2O3. The van der Waals surface area contributed by atoms with Gasteiger partial charge in [-0.05, 0) is 26.0 Å². The Labute approximate surface area is 106 Å². The molecule has 0 bridgehead atoms.